The Bertz CT molecular complexity index is 142. The molecule has 0 amide bonds. The van der Waals surface area contributed by atoms with E-state index >= 15 is 0 Å². The molecule has 9 heavy (non-hydrogen) atoms. The number of hydrogen-bond acceptors (Lipinski definition) is 1. The highest BCUT2D eigenvalue weighted by Gasteiger charge is 1.79. The maximum atomic E-state index is 10.1. The molecule has 48 valence electrons. The van der Waals surface area contributed by atoms with Gasteiger partial charge < -0.3 is 0 Å². The van der Waals surface area contributed by atoms with Gasteiger partial charge in [-0.15, -0.1) is 0 Å². The maximum absolute atomic E-state index is 10.1. The van der Waals surface area contributed by atoms with Crippen molar-refractivity contribution in [3.05, 3.63) is 36.5 Å². The third-order valence-corrected chi connectivity index (χ3v) is 0.853. The standard InChI is InChI=1S/C8H10O/c1-3-5-6-8(4-2)7-9/h3-7H,2H2,1H3/b5-3-,8-6+. The van der Waals surface area contributed by atoms with Crippen molar-refractivity contribution < 1.29 is 4.79 Å². The van der Waals surface area contributed by atoms with Gasteiger partial charge in [0.05, 0.1) is 0 Å². The van der Waals surface area contributed by atoms with Crippen molar-refractivity contribution in [1.82, 2.24) is 0 Å². The highest BCUT2D eigenvalue weighted by molar-refractivity contribution is 5.77. The van der Waals surface area contributed by atoms with Gasteiger partial charge in [-0.25, -0.2) is 0 Å². The Morgan fingerprint density at radius 1 is 1.56 bits per heavy atom. The minimum absolute atomic E-state index is 0.605. The highest BCUT2D eigenvalue weighted by atomic mass is 16.1. The summed E-state index contributed by atoms with van der Waals surface area (Å²) in [6, 6.07) is 0. The highest BCUT2D eigenvalue weighted by Crippen LogP contribution is 1.89. The van der Waals surface area contributed by atoms with Crippen LogP contribution >= 0.6 is 0 Å². The quantitative estimate of drug-likeness (QED) is 0.317. The number of hydrogen-bond donors (Lipinski definition) is 0. The first kappa shape index (κ1) is 7.89. The molecule has 1 heteroatoms. The molecule has 0 radical (unpaired) electrons. The number of carbonyl (C=O) groups excluding carboxylic acids is 1. The Morgan fingerprint density at radius 2 is 2.22 bits per heavy atom. The van der Waals surface area contributed by atoms with Gasteiger partial charge in [0, 0.05) is 5.57 Å². The minimum atomic E-state index is 0.605. The molecule has 0 aliphatic heterocycles. The summed E-state index contributed by atoms with van der Waals surface area (Å²) in [7, 11) is 0. The van der Waals surface area contributed by atoms with Gasteiger partial charge >= 0.3 is 0 Å². The van der Waals surface area contributed by atoms with Gasteiger partial charge in [0.1, 0.15) is 6.29 Å². The van der Waals surface area contributed by atoms with Gasteiger partial charge in [0.15, 0.2) is 0 Å². The van der Waals surface area contributed by atoms with Gasteiger partial charge in [0.2, 0.25) is 0 Å². The third-order valence-electron chi connectivity index (χ3n) is 0.853. The minimum Gasteiger partial charge on any atom is -0.298 e. The molecule has 0 atom stereocenters. The Kier molecular flexibility index (Phi) is 4.41. The van der Waals surface area contributed by atoms with Crippen LogP contribution in [0.4, 0.5) is 0 Å². The first-order chi connectivity index (χ1) is 4.35. The van der Waals surface area contributed by atoms with Crippen molar-refractivity contribution in [2.75, 3.05) is 0 Å². The van der Waals surface area contributed by atoms with E-state index in [1.807, 2.05) is 13.0 Å². The van der Waals surface area contributed by atoms with Crippen LogP contribution in [-0.4, -0.2) is 6.29 Å². The lowest BCUT2D eigenvalue weighted by atomic mass is 10.2. The van der Waals surface area contributed by atoms with Crippen LogP contribution in [0.2, 0.25) is 0 Å². The molecule has 1 nitrogen and oxygen atoms in total. The molecular formula is C8H10O. The van der Waals surface area contributed by atoms with Crippen molar-refractivity contribution in [2.24, 2.45) is 0 Å². The van der Waals surface area contributed by atoms with Crippen LogP contribution in [-0.2, 0) is 4.79 Å². The Balaban J connectivity index is 4.06. The van der Waals surface area contributed by atoms with E-state index in [1.54, 1.807) is 12.2 Å². The summed E-state index contributed by atoms with van der Waals surface area (Å²) in [6.07, 6.45) is 7.65. The van der Waals surface area contributed by atoms with Crippen molar-refractivity contribution in [3.63, 3.8) is 0 Å². The van der Waals surface area contributed by atoms with Crippen LogP contribution in [0.15, 0.2) is 36.5 Å². The van der Waals surface area contributed by atoms with Crippen molar-refractivity contribution in [2.45, 2.75) is 6.92 Å². The second kappa shape index (κ2) is 5.04. The average Bonchev–Trinajstić information content (AvgIpc) is 1.91. The van der Waals surface area contributed by atoms with Crippen LogP contribution in [0.5, 0.6) is 0 Å². The van der Waals surface area contributed by atoms with E-state index in [-0.39, 0.29) is 0 Å². The lowest BCUT2D eigenvalue weighted by Crippen LogP contribution is -1.74. The molecular weight excluding hydrogens is 112 g/mol. The first-order valence-corrected chi connectivity index (χ1v) is 2.75. The van der Waals surface area contributed by atoms with E-state index < -0.39 is 0 Å². The molecule has 0 spiro atoms. The Morgan fingerprint density at radius 3 is 2.56 bits per heavy atom. The van der Waals surface area contributed by atoms with Crippen LogP contribution in [0, 0.1) is 0 Å². The molecule has 0 saturated heterocycles. The predicted molar refractivity (Wildman–Crippen MR) is 39.2 cm³/mol. The molecule has 0 aromatic heterocycles. The van der Waals surface area contributed by atoms with E-state index in [0.717, 1.165) is 6.29 Å². The summed E-state index contributed by atoms with van der Waals surface area (Å²) in [5.41, 5.74) is 0.605. The first-order valence-electron chi connectivity index (χ1n) is 2.75. The monoisotopic (exact) mass is 122 g/mol. The topological polar surface area (TPSA) is 17.1 Å². The molecule has 0 aliphatic rings. The summed E-state index contributed by atoms with van der Waals surface area (Å²) in [6.45, 7) is 5.34. The van der Waals surface area contributed by atoms with Gasteiger partial charge in [-0.3, -0.25) is 4.79 Å². The normalized spacial score (nSPS) is 11.9. The lowest BCUT2D eigenvalue weighted by Gasteiger charge is -1.80. The Labute approximate surface area is 55.4 Å². The molecule has 0 rings (SSSR count). The predicted octanol–water partition coefficient (Wildman–Crippen LogP) is 1.87. The maximum Gasteiger partial charge on any atom is 0.150 e. The third kappa shape index (κ3) is 3.47. The zero-order valence-electron chi connectivity index (χ0n) is 5.50. The molecule has 0 N–H and O–H groups in total. The van der Waals surface area contributed by atoms with Gasteiger partial charge in [-0.1, -0.05) is 30.9 Å². The van der Waals surface area contributed by atoms with Gasteiger partial charge in [-0.2, -0.15) is 0 Å². The lowest BCUT2D eigenvalue weighted by molar-refractivity contribution is -0.104. The van der Waals surface area contributed by atoms with E-state index in [0.29, 0.717) is 5.57 Å². The summed E-state index contributed by atoms with van der Waals surface area (Å²) < 4.78 is 0. The molecule has 0 aromatic carbocycles. The van der Waals surface area contributed by atoms with Gasteiger partial charge in [-0.05, 0) is 6.92 Å². The Hall–Kier alpha value is -1.11. The van der Waals surface area contributed by atoms with Crippen LogP contribution in [0.3, 0.4) is 0 Å². The zero-order chi connectivity index (χ0) is 7.11. The summed E-state index contributed by atoms with van der Waals surface area (Å²) in [4.78, 5) is 10.1. The smallest absolute Gasteiger partial charge is 0.150 e. The fourth-order valence-corrected chi connectivity index (χ4v) is 0.363. The second-order valence-electron chi connectivity index (χ2n) is 1.51. The van der Waals surface area contributed by atoms with Crippen molar-refractivity contribution >= 4 is 6.29 Å². The molecule has 0 heterocycles. The largest absolute Gasteiger partial charge is 0.298 e. The molecule has 0 aromatic rings. The average molecular weight is 122 g/mol. The number of allylic oxidation sites excluding steroid dienone is 5. The molecule has 0 aliphatic carbocycles. The number of carbonyl (C=O) groups is 1. The molecule has 0 saturated carbocycles. The SMILES string of the molecule is C=C/C(C=O)=C\C=C/C. The summed E-state index contributed by atoms with van der Waals surface area (Å²) in [5.74, 6) is 0. The van der Waals surface area contributed by atoms with Crippen LogP contribution in [0.1, 0.15) is 6.92 Å². The van der Waals surface area contributed by atoms with E-state index in [9.17, 15) is 4.79 Å². The second-order valence-corrected chi connectivity index (χ2v) is 1.51. The van der Waals surface area contributed by atoms with E-state index in [2.05, 4.69) is 6.58 Å². The molecule has 0 unspecified atom stereocenters. The number of aldehydes is 1. The summed E-state index contributed by atoms with van der Waals surface area (Å²) >= 11 is 0. The van der Waals surface area contributed by atoms with Gasteiger partial charge in [0.25, 0.3) is 0 Å². The van der Waals surface area contributed by atoms with E-state index in [1.165, 1.54) is 6.08 Å². The van der Waals surface area contributed by atoms with E-state index in [4.69, 9.17) is 0 Å². The molecule has 0 fully saturated rings. The fraction of sp³-hybridized carbons (Fsp3) is 0.125. The van der Waals surface area contributed by atoms with Crippen molar-refractivity contribution in [3.8, 4) is 0 Å². The molecule has 0 bridgehead atoms. The fourth-order valence-electron chi connectivity index (χ4n) is 0.363. The van der Waals surface area contributed by atoms with Crippen LogP contribution in [0.25, 0.3) is 0 Å². The van der Waals surface area contributed by atoms with Crippen molar-refractivity contribution in [1.29, 1.82) is 0 Å². The van der Waals surface area contributed by atoms with Crippen LogP contribution < -0.4 is 0 Å². The summed E-state index contributed by atoms with van der Waals surface area (Å²) in [5, 5.41) is 0. The zero-order valence-corrected chi connectivity index (χ0v) is 5.50. The number of rotatable bonds is 3.